The zero-order chi connectivity index (χ0) is 13.9. The molecule has 0 bridgehead atoms. The number of amides is 1. The molecule has 0 aliphatic carbocycles. The van der Waals surface area contributed by atoms with E-state index < -0.39 is 0 Å². The summed E-state index contributed by atoms with van der Waals surface area (Å²) in [6.07, 6.45) is 4.18. The van der Waals surface area contributed by atoms with Gasteiger partial charge in [0.25, 0.3) is 0 Å². The summed E-state index contributed by atoms with van der Waals surface area (Å²) in [5.41, 5.74) is 1.09. The lowest BCUT2D eigenvalue weighted by Gasteiger charge is -2.35. The Morgan fingerprint density at radius 2 is 2.43 bits per heavy atom. The number of nitrogens with one attached hydrogen (secondary N) is 1. The van der Waals surface area contributed by atoms with Crippen LogP contribution < -0.4 is 5.32 Å². The molecule has 1 fully saturated rings. The van der Waals surface area contributed by atoms with Crippen LogP contribution in [0.1, 0.15) is 17.4 Å². The standard InChI is InChI=1S/C14H18N4OS.ClH/c1-17-5-4-16-14(17)12-9-15-3-6-18(12)13(19)8-11-2-7-20-10-11;/h2,4-5,7,10,12,15H,3,6,8-9H2,1H3;1H. The summed E-state index contributed by atoms with van der Waals surface area (Å²) < 4.78 is 1.99. The van der Waals surface area contributed by atoms with Gasteiger partial charge in [0.05, 0.1) is 6.42 Å². The minimum atomic E-state index is 0. The first kappa shape index (κ1) is 16.0. The highest BCUT2D eigenvalue weighted by atomic mass is 35.5. The average molecular weight is 327 g/mol. The lowest BCUT2D eigenvalue weighted by molar-refractivity contribution is -0.134. The second kappa shape index (κ2) is 7.06. The molecule has 3 rings (SSSR count). The maximum absolute atomic E-state index is 12.5. The number of halogens is 1. The summed E-state index contributed by atoms with van der Waals surface area (Å²) in [5.74, 6) is 1.12. The van der Waals surface area contributed by atoms with Gasteiger partial charge in [-0.05, 0) is 22.4 Å². The third-order valence-electron chi connectivity index (χ3n) is 3.66. The predicted molar refractivity (Wildman–Crippen MR) is 85.8 cm³/mol. The fourth-order valence-electron chi connectivity index (χ4n) is 2.60. The van der Waals surface area contributed by atoms with Crippen molar-refractivity contribution in [3.63, 3.8) is 0 Å². The zero-order valence-corrected chi connectivity index (χ0v) is 13.5. The smallest absolute Gasteiger partial charge is 0.227 e. The van der Waals surface area contributed by atoms with Crippen molar-refractivity contribution < 1.29 is 4.79 Å². The fraction of sp³-hybridized carbons (Fsp3) is 0.429. The van der Waals surface area contributed by atoms with Crippen molar-refractivity contribution in [3.05, 3.63) is 40.6 Å². The Morgan fingerprint density at radius 3 is 3.10 bits per heavy atom. The lowest BCUT2D eigenvalue weighted by Crippen LogP contribution is -2.49. The van der Waals surface area contributed by atoms with Crippen LogP contribution in [-0.2, 0) is 18.3 Å². The number of imidazole rings is 1. The van der Waals surface area contributed by atoms with Gasteiger partial charge in [0.1, 0.15) is 11.9 Å². The van der Waals surface area contributed by atoms with E-state index in [1.165, 1.54) is 0 Å². The first-order chi connectivity index (χ1) is 9.75. The third kappa shape index (κ3) is 3.45. The Morgan fingerprint density at radius 1 is 1.57 bits per heavy atom. The molecule has 1 aliphatic heterocycles. The van der Waals surface area contributed by atoms with Gasteiger partial charge in [-0.15, -0.1) is 12.4 Å². The van der Waals surface area contributed by atoms with Crippen LogP contribution in [0.4, 0.5) is 0 Å². The monoisotopic (exact) mass is 326 g/mol. The number of hydrogen-bond acceptors (Lipinski definition) is 4. The Balaban J connectivity index is 0.00000161. The summed E-state index contributed by atoms with van der Waals surface area (Å²) >= 11 is 1.63. The maximum Gasteiger partial charge on any atom is 0.227 e. The molecule has 2 aromatic rings. The molecule has 1 N–H and O–H groups in total. The van der Waals surface area contributed by atoms with E-state index >= 15 is 0 Å². The highest BCUT2D eigenvalue weighted by molar-refractivity contribution is 7.07. The van der Waals surface area contributed by atoms with Gasteiger partial charge in [-0.25, -0.2) is 4.98 Å². The van der Waals surface area contributed by atoms with Crippen molar-refractivity contribution in [2.24, 2.45) is 7.05 Å². The molecular formula is C14H19ClN4OS. The van der Waals surface area contributed by atoms with Crippen molar-refractivity contribution in [3.8, 4) is 0 Å². The Kier molecular flexibility index (Phi) is 5.39. The highest BCUT2D eigenvalue weighted by Crippen LogP contribution is 2.21. The van der Waals surface area contributed by atoms with Crippen molar-refractivity contribution >= 4 is 29.7 Å². The second-order valence-corrected chi connectivity index (χ2v) is 5.79. The average Bonchev–Trinajstić information content (AvgIpc) is 3.10. The maximum atomic E-state index is 12.5. The molecule has 0 aromatic carbocycles. The molecule has 114 valence electrons. The molecule has 1 unspecified atom stereocenters. The van der Waals surface area contributed by atoms with Crippen LogP contribution in [0.5, 0.6) is 0 Å². The molecule has 0 saturated carbocycles. The van der Waals surface area contributed by atoms with Crippen LogP contribution in [-0.4, -0.2) is 40.0 Å². The number of aryl methyl sites for hydroxylation is 1. The van der Waals surface area contributed by atoms with Gasteiger partial charge < -0.3 is 14.8 Å². The summed E-state index contributed by atoms with van der Waals surface area (Å²) in [6.45, 7) is 2.34. The Labute approximate surface area is 134 Å². The van der Waals surface area contributed by atoms with E-state index in [0.717, 1.165) is 31.0 Å². The molecule has 2 aromatic heterocycles. The number of carbonyl (C=O) groups is 1. The van der Waals surface area contributed by atoms with E-state index in [1.807, 2.05) is 39.5 Å². The summed E-state index contributed by atoms with van der Waals surface area (Å²) in [6, 6.07) is 2.04. The zero-order valence-electron chi connectivity index (χ0n) is 11.9. The molecule has 1 amide bonds. The number of carbonyl (C=O) groups excluding carboxylic acids is 1. The molecule has 5 nitrogen and oxygen atoms in total. The van der Waals surface area contributed by atoms with Gasteiger partial charge in [0.2, 0.25) is 5.91 Å². The number of nitrogens with zero attached hydrogens (tertiary/aromatic N) is 3. The molecule has 0 spiro atoms. The Hall–Kier alpha value is -1.37. The van der Waals surface area contributed by atoms with Gasteiger partial charge in [-0.3, -0.25) is 4.79 Å². The minimum absolute atomic E-state index is 0. The van der Waals surface area contributed by atoms with E-state index in [4.69, 9.17) is 0 Å². The highest BCUT2D eigenvalue weighted by Gasteiger charge is 2.30. The predicted octanol–water partition coefficient (Wildman–Crippen LogP) is 1.62. The van der Waals surface area contributed by atoms with E-state index in [-0.39, 0.29) is 24.4 Å². The topological polar surface area (TPSA) is 50.2 Å². The molecule has 1 saturated heterocycles. The molecule has 7 heteroatoms. The number of rotatable bonds is 3. The van der Waals surface area contributed by atoms with Gasteiger partial charge in [0, 0.05) is 39.1 Å². The van der Waals surface area contributed by atoms with E-state index in [1.54, 1.807) is 17.5 Å². The minimum Gasteiger partial charge on any atom is -0.336 e. The van der Waals surface area contributed by atoms with Crippen LogP contribution in [0.15, 0.2) is 29.2 Å². The third-order valence-corrected chi connectivity index (χ3v) is 4.39. The van der Waals surface area contributed by atoms with E-state index in [9.17, 15) is 4.79 Å². The van der Waals surface area contributed by atoms with Crippen LogP contribution in [0.3, 0.4) is 0 Å². The van der Waals surface area contributed by atoms with Gasteiger partial charge in [0.15, 0.2) is 0 Å². The summed E-state index contributed by atoms with van der Waals surface area (Å²) in [5, 5.41) is 7.40. The summed E-state index contributed by atoms with van der Waals surface area (Å²) in [4.78, 5) is 18.9. The number of thiophene rings is 1. The fourth-order valence-corrected chi connectivity index (χ4v) is 3.27. The largest absolute Gasteiger partial charge is 0.336 e. The number of hydrogen-bond donors (Lipinski definition) is 1. The molecule has 21 heavy (non-hydrogen) atoms. The van der Waals surface area contributed by atoms with Crippen molar-refractivity contribution in [2.75, 3.05) is 19.6 Å². The second-order valence-electron chi connectivity index (χ2n) is 5.01. The lowest BCUT2D eigenvalue weighted by atomic mass is 10.1. The van der Waals surface area contributed by atoms with Crippen LogP contribution in [0.2, 0.25) is 0 Å². The van der Waals surface area contributed by atoms with Crippen LogP contribution in [0.25, 0.3) is 0 Å². The normalized spacial score (nSPS) is 18.3. The first-order valence-electron chi connectivity index (χ1n) is 6.74. The van der Waals surface area contributed by atoms with Crippen LogP contribution in [0, 0.1) is 0 Å². The van der Waals surface area contributed by atoms with Gasteiger partial charge in [-0.1, -0.05) is 0 Å². The van der Waals surface area contributed by atoms with Crippen molar-refractivity contribution in [1.82, 2.24) is 19.8 Å². The van der Waals surface area contributed by atoms with Gasteiger partial charge >= 0.3 is 0 Å². The van der Waals surface area contributed by atoms with Crippen LogP contribution >= 0.6 is 23.7 Å². The SMILES string of the molecule is Cl.Cn1ccnc1C1CNCCN1C(=O)Cc1ccsc1. The van der Waals surface area contributed by atoms with E-state index in [2.05, 4.69) is 10.3 Å². The molecule has 0 radical (unpaired) electrons. The summed E-state index contributed by atoms with van der Waals surface area (Å²) in [7, 11) is 1.97. The first-order valence-corrected chi connectivity index (χ1v) is 7.68. The van der Waals surface area contributed by atoms with Crippen molar-refractivity contribution in [1.29, 1.82) is 0 Å². The molecule has 1 aliphatic rings. The quantitative estimate of drug-likeness (QED) is 0.932. The van der Waals surface area contributed by atoms with Crippen molar-refractivity contribution in [2.45, 2.75) is 12.5 Å². The number of piperazine rings is 1. The molecule has 1 atom stereocenters. The van der Waals surface area contributed by atoms with Gasteiger partial charge in [-0.2, -0.15) is 11.3 Å². The Bertz CT molecular complexity index is 584. The van der Waals surface area contributed by atoms with E-state index in [0.29, 0.717) is 6.42 Å². The number of aromatic nitrogens is 2. The molecule has 3 heterocycles. The molecular weight excluding hydrogens is 308 g/mol.